The van der Waals surface area contributed by atoms with Gasteiger partial charge in [-0.2, -0.15) is 0 Å². The first-order valence-corrected chi connectivity index (χ1v) is 9.29. The lowest BCUT2D eigenvalue weighted by Crippen LogP contribution is -2.38. The fraction of sp³-hybridized carbons (Fsp3) is 0.400. The minimum Gasteiger partial charge on any atom is -0.458 e. The van der Waals surface area contributed by atoms with E-state index in [1.807, 2.05) is 30.3 Å². The first kappa shape index (κ1) is 21.3. The molecule has 0 spiro atoms. The summed E-state index contributed by atoms with van der Waals surface area (Å²) < 4.78 is 21.6. The summed E-state index contributed by atoms with van der Waals surface area (Å²) in [6.45, 7) is 1.10. The van der Waals surface area contributed by atoms with Crippen LogP contribution in [-0.4, -0.2) is 47.6 Å². The predicted octanol–water partition coefficient (Wildman–Crippen LogP) is 1.13. The Morgan fingerprint density at radius 3 is 2.63 bits per heavy atom. The van der Waals surface area contributed by atoms with Crippen molar-refractivity contribution in [1.82, 2.24) is 9.55 Å². The lowest BCUT2D eigenvalue weighted by Gasteiger charge is -2.21. The Balaban J connectivity index is 1.87. The molecular weight excluding hydrogens is 396 g/mol. The van der Waals surface area contributed by atoms with Crippen molar-refractivity contribution in [2.24, 2.45) is 0 Å². The van der Waals surface area contributed by atoms with Crippen molar-refractivity contribution < 1.29 is 28.5 Å². The lowest BCUT2D eigenvalue weighted by atomic mass is 10.1. The maximum Gasteiger partial charge on any atom is 0.508 e. The van der Waals surface area contributed by atoms with Crippen LogP contribution in [0, 0.1) is 0 Å². The van der Waals surface area contributed by atoms with Gasteiger partial charge < -0.3 is 18.9 Å². The van der Waals surface area contributed by atoms with E-state index in [9.17, 15) is 19.2 Å². The molecule has 3 atom stereocenters. The zero-order valence-electron chi connectivity index (χ0n) is 16.5. The third kappa shape index (κ3) is 5.15. The van der Waals surface area contributed by atoms with Crippen molar-refractivity contribution in [3.05, 3.63) is 68.5 Å². The van der Waals surface area contributed by atoms with E-state index in [1.54, 1.807) is 0 Å². The van der Waals surface area contributed by atoms with Gasteiger partial charge in [-0.3, -0.25) is 19.1 Å². The van der Waals surface area contributed by atoms with Crippen LogP contribution in [0.1, 0.15) is 30.7 Å². The van der Waals surface area contributed by atoms with Gasteiger partial charge in [-0.25, -0.2) is 9.59 Å². The zero-order valence-corrected chi connectivity index (χ0v) is 16.5. The quantitative estimate of drug-likeness (QED) is 0.692. The average molecular weight is 418 g/mol. The minimum atomic E-state index is -0.987. The maximum atomic E-state index is 12.5. The van der Waals surface area contributed by atoms with Gasteiger partial charge in [0.15, 0.2) is 6.23 Å². The maximum absolute atomic E-state index is 12.5. The molecule has 0 unspecified atom stereocenters. The first-order chi connectivity index (χ1) is 14.4. The Morgan fingerprint density at radius 1 is 1.23 bits per heavy atom. The number of ether oxygens (including phenoxy) is 4. The van der Waals surface area contributed by atoms with E-state index >= 15 is 0 Å². The van der Waals surface area contributed by atoms with E-state index in [2.05, 4.69) is 9.72 Å². The molecule has 30 heavy (non-hydrogen) atoms. The number of nitrogens with zero attached hydrogens (tertiary/aromatic N) is 1. The Morgan fingerprint density at radius 2 is 1.97 bits per heavy atom. The molecule has 1 aromatic carbocycles. The molecule has 2 heterocycles. The number of H-pyrrole nitrogens is 1. The molecule has 1 aromatic heterocycles. The number of aromatic amines is 1. The van der Waals surface area contributed by atoms with Crippen molar-refractivity contribution in [3.8, 4) is 0 Å². The summed E-state index contributed by atoms with van der Waals surface area (Å²) in [5.74, 6) is -0.551. The average Bonchev–Trinajstić information content (AvgIpc) is 3.10. The zero-order chi connectivity index (χ0) is 21.7. The predicted molar refractivity (Wildman–Crippen MR) is 103 cm³/mol. The van der Waals surface area contributed by atoms with Crippen molar-refractivity contribution in [1.29, 1.82) is 0 Å². The van der Waals surface area contributed by atoms with Crippen molar-refractivity contribution >= 4 is 12.1 Å². The van der Waals surface area contributed by atoms with Gasteiger partial charge in [-0.1, -0.05) is 30.3 Å². The van der Waals surface area contributed by atoms with Gasteiger partial charge in [0.05, 0.1) is 13.2 Å². The molecule has 1 aliphatic rings. The lowest BCUT2D eigenvalue weighted by molar-refractivity contribution is -0.152. The van der Waals surface area contributed by atoms with Gasteiger partial charge in [0.1, 0.15) is 12.7 Å². The molecule has 3 rings (SSSR count). The summed E-state index contributed by atoms with van der Waals surface area (Å²) in [7, 11) is 1.18. The Bertz CT molecular complexity index is 1010. The first-order valence-electron chi connectivity index (χ1n) is 9.29. The molecule has 1 saturated heterocycles. The molecule has 1 N–H and O–H groups in total. The number of hydrogen-bond acceptors (Lipinski definition) is 8. The van der Waals surface area contributed by atoms with Crippen molar-refractivity contribution in [2.75, 3.05) is 13.7 Å². The van der Waals surface area contributed by atoms with E-state index in [1.165, 1.54) is 24.8 Å². The molecule has 10 heteroatoms. The topological polar surface area (TPSA) is 126 Å². The number of aromatic nitrogens is 2. The van der Waals surface area contributed by atoms with Crippen molar-refractivity contribution in [2.45, 2.75) is 38.2 Å². The number of benzene rings is 1. The van der Waals surface area contributed by atoms with Crippen LogP contribution in [0.5, 0.6) is 0 Å². The SMILES string of the molecule is COC(=O)OC[C@@H]1C[C@@H](OC(C)=O)[C@H](n2cc(Cc3ccccc3)c(=O)[nH]c2=O)O1. The highest BCUT2D eigenvalue weighted by atomic mass is 16.7. The molecule has 1 aliphatic heterocycles. The molecule has 0 saturated carbocycles. The fourth-order valence-electron chi connectivity index (χ4n) is 3.27. The summed E-state index contributed by atoms with van der Waals surface area (Å²) in [6, 6.07) is 9.29. The van der Waals surface area contributed by atoms with Crippen LogP contribution in [0.15, 0.2) is 46.1 Å². The van der Waals surface area contributed by atoms with E-state index < -0.39 is 41.8 Å². The smallest absolute Gasteiger partial charge is 0.458 e. The third-order valence-electron chi connectivity index (χ3n) is 4.57. The van der Waals surface area contributed by atoms with Crippen LogP contribution in [0.25, 0.3) is 0 Å². The van der Waals surface area contributed by atoms with Crippen LogP contribution in [0.4, 0.5) is 4.79 Å². The van der Waals surface area contributed by atoms with Gasteiger partial charge in [0.25, 0.3) is 5.56 Å². The van der Waals surface area contributed by atoms with Gasteiger partial charge in [-0.05, 0) is 5.56 Å². The van der Waals surface area contributed by atoms with E-state index in [-0.39, 0.29) is 13.0 Å². The summed E-state index contributed by atoms with van der Waals surface area (Å²) in [5.41, 5.74) is 0.0304. The van der Waals surface area contributed by atoms with Crippen LogP contribution >= 0.6 is 0 Å². The number of esters is 1. The molecule has 0 bridgehead atoms. The molecule has 0 aliphatic carbocycles. The highest BCUT2D eigenvalue weighted by Crippen LogP contribution is 2.31. The number of rotatable bonds is 6. The van der Waals surface area contributed by atoms with Crippen molar-refractivity contribution in [3.63, 3.8) is 0 Å². The van der Waals surface area contributed by atoms with E-state index in [4.69, 9.17) is 14.2 Å². The number of methoxy groups -OCH3 is 1. The molecule has 0 amide bonds. The highest BCUT2D eigenvalue weighted by molar-refractivity contribution is 5.66. The number of carbonyl (C=O) groups is 2. The number of hydrogen-bond donors (Lipinski definition) is 1. The monoisotopic (exact) mass is 418 g/mol. The fourth-order valence-corrected chi connectivity index (χ4v) is 3.27. The molecule has 2 aromatic rings. The van der Waals surface area contributed by atoms with E-state index in [0.29, 0.717) is 12.0 Å². The van der Waals surface area contributed by atoms with Crippen LogP contribution < -0.4 is 11.2 Å². The second-order valence-electron chi connectivity index (χ2n) is 6.78. The minimum absolute atomic E-state index is 0.143. The molecule has 160 valence electrons. The molecule has 0 radical (unpaired) electrons. The highest BCUT2D eigenvalue weighted by Gasteiger charge is 2.40. The second kappa shape index (κ2) is 9.40. The summed E-state index contributed by atoms with van der Waals surface area (Å²) in [5, 5.41) is 0. The number of carbonyl (C=O) groups excluding carboxylic acids is 2. The molecular formula is C20H22N2O8. The number of nitrogens with one attached hydrogen (secondary N) is 1. The standard InChI is InChI=1S/C20H22N2O8/c1-12(23)29-16-9-15(11-28-20(26)27-2)30-18(16)22-10-14(17(24)21-19(22)25)8-13-6-4-3-5-7-13/h3-7,10,15-16,18H,8-9,11H2,1-2H3,(H,21,24,25)/t15-,16+,18+/m0/s1. The second-order valence-corrected chi connectivity index (χ2v) is 6.78. The largest absolute Gasteiger partial charge is 0.508 e. The Hall–Kier alpha value is -3.40. The van der Waals surface area contributed by atoms with Gasteiger partial charge in [0.2, 0.25) is 0 Å². The normalized spacial score (nSPS) is 20.5. The molecule has 10 nitrogen and oxygen atoms in total. The van der Waals surface area contributed by atoms with Gasteiger partial charge in [0, 0.05) is 31.5 Å². The van der Waals surface area contributed by atoms with Gasteiger partial charge >= 0.3 is 17.8 Å². The third-order valence-corrected chi connectivity index (χ3v) is 4.57. The van der Waals surface area contributed by atoms with Gasteiger partial charge in [-0.15, -0.1) is 0 Å². The van der Waals surface area contributed by atoms with Crippen LogP contribution in [0.3, 0.4) is 0 Å². The summed E-state index contributed by atoms with van der Waals surface area (Å²) >= 11 is 0. The Kier molecular flexibility index (Phi) is 6.68. The molecule has 1 fully saturated rings. The summed E-state index contributed by atoms with van der Waals surface area (Å²) in [4.78, 5) is 49.7. The van der Waals surface area contributed by atoms with Crippen LogP contribution in [-0.2, 0) is 30.2 Å². The van der Waals surface area contributed by atoms with E-state index in [0.717, 1.165) is 5.56 Å². The van der Waals surface area contributed by atoms with Crippen LogP contribution in [0.2, 0.25) is 0 Å². The Labute approximate surface area is 171 Å². The summed E-state index contributed by atoms with van der Waals surface area (Å²) in [6.07, 6.45) is -1.40.